The molecule has 0 bridgehead atoms. The van der Waals surface area contributed by atoms with Gasteiger partial charge in [-0.3, -0.25) is 9.67 Å². The fraction of sp³-hybridized carbons (Fsp3) is 0.500. The third-order valence-electron chi connectivity index (χ3n) is 5.02. The van der Waals surface area contributed by atoms with Gasteiger partial charge in [-0.1, -0.05) is 6.07 Å². The van der Waals surface area contributed by atoms with Crippen molar-refractivity contribution in [2.45, 2.75) is 31.6 Å². The van der Waals surface area contributed by atoms with Gasteiger partial charge in [0.25, 0.3) is 0 Å². The van der Waals surface area contributed by atoms with Crippen LogP contribution in [0.5, 0.6) is 5.75 Å². The third-order valence-corrected chi connectivity index (χ3v) is 5.02. The molecule has 7 nitrogen and oxygen atoms in total. The van der Waals surface area contributed by atoms with Crippen LogP contribution in [0.15, 0.2) is 35.5 Å². The van der Waals surface area contributed by atoms with Crippen LogP contribution in [0.4, 0.5) is 18.9 Å². The number of aryl methyl sites for hydroxylation is 1. The highest BCUT2D eigenvalue weighted by Crippen LogP contribution is 2.30. The van der Waals surface area contributed by atoms with Gasteiger partial charge in [-0.25, -0.2) is 0 Å². The number of hydrogen-bond donors (Lipinski definition) is 2. The van der Waals surface area contributed by atoms with Crippen LogP contribution >= 0.6 is 0 Å². The number of aromatic nitrogens is 2. The average molecular weight is 424 g/mol. The highest BCUT2D eigenvalue weighted by atomic mass is 19.4. The topological polar surface area (TPSA) is 66.7 Å². The minimum Gasteiger partial charge on any atom is -0.497 e. The van der Waals surface area contributed by atoms with Crippen molar-refractivity contribution < 1.29 is 17.9 Å². The normalized spacial score (nSPS) is 17.7. The quantitative estimate of drug-likeness (QED) is 0.571. The Balaban J connectivity index is 1.61. The van der Waals surface area contributed by atoms with Gasteiger partial charge in [-0.2, -0.15) is 18.3 Å². The van der Waals surface area contributed by atoms with E-state index in [2.05, 4.69) is 25.6 Å². The first-order chi connectivity index (χ1) is 14.3. The molecular formula is C20H27F3N6O. The minimum absolute atomic E-state index is 0.0192. The second-order valence-corrected chi connectivity index (χ2v) is 7.23. The first kappa shape index (κ1) is 21.8. The summed E-state index contributed by atoms with van der Waals surface area (Å²) in [6.07, 6.45) is -1.18. The average Bonchev–Trinajstić information content (AvgIpc) is 3.12. The molecule has 0 radical (unpaired) electrons. The molecule has 1 aromatic heterocycles. The number of guanidine groups is 1. The van der Waals surface area contributed by atoms with E-state index in [4.69, 9.17) is 4.74 Å². The Kier molecular flexibility index (Phi) is 6.73. The van der Waals surface area contributed by atoms with Crippen LogP contribution in [0.25, 0.3) is 0 Å². The molecule has 0 amide bonds. The lowest BCUT2D eigenvalue weighted by molar-refractivity contribution is -0.142. The predicted octanol–water partition coefficient (Wildman–Crippen LogP) is 2.78. The van der Waals surface area contributed by atoms with E-state index in [0.717, 1.165) is 37.4 Å². The smallest absolute Gasteiger partial charge is 0.435 e. The van der Waals surface area contributed by atoms with E-state index in [1.807, 2.05) is 24.3 Å². The number of hydrogen-bond acceptors (Lipinski definition) is 4. The summed E-state index contributed by atoms with van der Waals surface area (Å²) in [7, 11) is 4.72. The maximum Gasteiger partial charge on any atom is 0.435 e. The van der Waals surface area contributed by atoms with Crippen LogP contribution in [-0.4, -0.2) is 49.0 Å². The number of nitrogens with zero attached hydrogens (tertiary/aromatic N) is 4. The summed E-state index contributed by atoms with van der Waals surface area (Å²) in [5, 5.41) is 9.84. The molecule has 0 aliphatic carbocycles. The Morgan fingerprint density at radius 1 is 1.37 bits per heavy atom. The molecule has 1 aromatic carbocycles. The number of aliphatic imine (C=N–C) groups is 1. The lowest BCUT2D eigenvalue weighted by atomic mass is 10.0. The molecule has 3 rings (SSSR count). The minimum atomic E-state index is -4.49. The van der Waals surface area contributed by atoms with E-state index in [9.17, 15) is 13.2 Å². The fourth-order valence-electron chi connectivity index (χ4n) is 3.61. The van der Waals surface area contributed by atoms with Crippen LogP contribution < -0.4 is 20.3 Å². The van der Waals surface area contributed by atoms with Crippen molar-refractivity contribution >= 4 is 11.6 Å². The number of ether oxygens (including phenoxy) is 1. The summed E-state index contributed by atoms with van der Waals surface area (Å²) >= 11 is 0. The van der Waals surface area contributed by atoms with Gasteiger partial charge >= 0.3 is 6.18 Å². The van der Waals surface area contributed by atoms with Crippen LogP contribution in [-0.2, 0) is 19.8 Å². The molecule has 1 aliphatic rings. The SMILES string of the molecule is CN=C(NCc1cn(C)nc1C(F)(F)F)NC1CCCN(c2cccc(OC)c2)C1. The highest BCUT2D eigenvalue weighted by molar-refractivity contribution is 5.80. The van der Waals surface area contributed by atoms with Crippen molar-refractivity contribution in [1.29, 1.82) is 0 Å². The zero-order valence-electron chi connectivity index (χ0n) is 17.3. The van der Waals surface area contributed by atoms with E-state index in [1.165, 1.54) is 17.9 Å². The highest BCUT2D eigenvalue weighted by Gasteiger charge is 2.36. The van der Waals surface area contributed by atoms with Crippen LogP contribution in [0.1, 0.15) is 24.1 Å². The number of benzene rings is 1. The number of anilines is 1. The standard InChI is InChI=1S/C20H27F3N6O/c1-24-19(25-11-14-12-28(2)27-18(14)20(21,22)23)26-15-6-5-9-29(13-15)16-7-4-8-17(10-16)30-3/h4,7-8,10,12,15H,5-6,9,11,13H2,1-3H3,(H2,24,25,26). The van der Waals surface area contributed by atoms with Gasteiger partial charge in [-0.15, -0.1) is 0 Å². The van der Waals surface area contributed by atoms with Crippen molar-refractivity contribution in [2.75, 3.05) is 32.1 Å². The number of nitrogens with one attached hydrogen (secondary N) is 2. The Morgan fingerprint density at radius 3 is 2.87 bits per heavy atom. The summed E-state index contributed by atoms with van der Waals surface area (Å²) in [6.45, 7) is 1.67. The maximum atomic E-state index is 13.1. The number of methoxy groups -OCH3 is 1. The molecular weight excluding hydrogens is 397 g/mol. The molecule has 30 heavy (non-hydrogen) atoms. The molecule has 2 heterocycles. The molecule has 2 aromatic rings. The number of halogens is 3. The van der Waals surface area contributed by atoms with Crippen molar-refractivity contribution in [3.05, 3.63) is 41.7 Å². The first-order valence-corrected chi connectivity index (χ1v) is 9.76. The molecule has 1 aliphatic heterocycles. The van der Waals surface area contributed by atoms with Gasteiger partial charge in [0, 0.05) is 63.3 Å². The largest absolute Gasteiger partial charge is 0.497 e. The third kappa shape index (κ3) is 5.37. The van der Waals surface area contributed by atoms with Gasteiger partial charge in [0.2, 0.25) is 0 Å². The van der Waals surface area contributed by atoms with Crippen LogP contribution in [0.2, 0.25) is 0 Å². The lowest BCUT2D eigenvalue weighted by Crippen LogP contribution is -2.51. The van der Waals surface area contributed by atoms with E-state index in [-0.39, 0.29) is 18.2 Å². The van der Waals surface area contributed by atoms with E-state index < -0.39 is 11.9 Å². The second kappa shape index (κ2) is 9.27. The van der Waals surface area contributed by atoms with Gasteiger partial charge in [0.05, 0.1) is 7.11 Å². The monoisotopic (exact) mass is 424 g/mol. The summed E-state index contributed by atoms with van der Waals surface area (Å²) in [5.74, 6) is 1.27. The van der Waals surface area contributed by atoms with Crippen LogP contribution in [0, 0.1) is 0 Å². The predicted molar refractivity (Wildman–Crippen MR) is 110 cm³/mol. The first-order valence-electron chi connectivity index (χ1n) is 9.76. The number of rotatable bonds is 5. The van der Waals surface area contributed by atoms with Crippen molar-refractivity contribution in [1.82, 2.24) is 20.4 Å². The molecule has 1 fully saturated rings. The van der Waals surface area contributed by atoms with Crippen LogP contribution in [0.3, 0.4) is 0 Å². The molecule has 164 valence electrons. The summed E-state index contributed by atoms with van der Waals surface area (Å²) in [6, 6.07) is 8.02. The molecule has 0 spiro atoms. The molecule has 1 atom stereocenters. The van der Waals surface area contributed by atoms with E-state index in [0.29, 0.717) is 5.96 Å². The Bertz CT molecular complexity index is 880. The van der Waals surface area contributed by atoms with E-state index >= 15 is 0 Å². The second-order valence-electron chi connectivity index (χ2n) is 7.23. The van der Waals surface area contributed by atoms with Crippen molar-refractivity contribution in [2.24, 2.45) is 12.0 Å². The summed E-state index contributed by atoms with van der Waals surface area (Å²) < 4.78 is 45.9. The zero-order chi connectivity index (χ0) is 21.7. The number of piperidine rings is 1. The summed E-state index contributed by atoms with van der Waals surface area (Å²) in [4.78, 5) is 6.43. The van der Waals surface area contributed by atoms with Gasteiger partial charge in [0.15, 0.2) is 11.7 Å². The molecule has 1 unspecified atom stereocenters. The Labute approximate surface area is 173 Å². The summed E-state index contributed by atoms with van der Waals surface area (Å²) in [5.41, 5.74) is 0.276. The lowest BCUT2D eigenvalue weighted by Gasteiger charge is -2.35. The molecule has 0 saturated carbocycles. The number of alkyl halides is 3. The van der Waals surface area contributed by atoms with Crippen molar-refractivity contribution in [3.63, 3.8) is 0 Å². The van der Waals surface area contributed by atoms with Gasteiger partial charge in [0.1, 0.15) is 5.75 Å². The van der Waals surface area contributed by atoms with Crippen molar-refractivity contribution in [3.8, 4) is 5.75 Å². The fourth-order valence-corrected chi connectivity index (χ4v) is 3.61. The molecule has 1 saturated heterocycles. The molecule has 10 heteroatoms. The maximum absolute atomic E-state index is 13.1. The Morgan fingerprint density at radius 2 is 2.17 bits per heavy atom. The van der Waals surface area contributed by atoms with Gasteiger partial charge in [-0.05, 0) is 25.0 Å². The Hall–Kier alpha value is -2.91. The zero-order valence-corrected chi connectivity index (χ0v) is 17.3. The van der Waals surface area contributed by atoms with E-state index in [1.54, 1.807) is 14.2 Å². The van der Waals surface area contributed by atoms with Gasteiger partial charge < -0.3 is 20.3 Å². The molecule has 2 N–H and O–H groups in total.